The normalized spacial score (nSPS) is 14.4. The number of likely N-dealkylation sites (N-methyl/N-ethyl adjacent to an activating group) is 1. The van der Waals surface area contributed by atoms with Crippen molar-refractivity contribution in [2.75, 3.05) is 37.4 Å². The van der Waals surface area contributed by atoms with E-state index in [4.69, 9.17) is 15.6 Å². The molecule has 0 spiro atoms. The molecule has 19 heavy (non-hydrogen) atoms. The van der Waals surface area contributed by atoms with E-state index in [2.05, 4.69) is 0 Å². The summed E-state index contributed by atoms with van der Waals surface area (Å²) in [6.45, 7) is 2.23. The summed E-state index contributed by atoms with van der Waals surface area (Å²) in [7, 11) is 1.91. The van der Waals surface area contributed by atoms with Crippen LogP contribution in [-0.2, 0) is 4.74 Å². The molecule has 5 heteroatoms. The van der Waals surface area contributed by atoms with Crippen molar-refractivity contribution in [3.63, 3.8) is 0 Å². The molecule has 1 aliphatic carbocycles. The fourth-order valence-electron chi connectivity index (χ4n) is 1.83. The molecule has 0 bridgehead atoms. The highest BCUT2D eigenvalue weighted by atomic mass is 16.5. The third kappa shape index (κ3) is 3.86. The largest absolute Gasteiger partial charge is 0.478 e. The number of nitrogens with zero attached hydrogens (tertiary/aromatic N) is 1. The summed E-state index contributed by atoms with van der Waals surface area (Å²) in [5.74, 6) is -0.238. The first-order valence-electron chi connectivity index (χ1n) is 6.49. The first-order valence-corrected chi connectivity index (χ1v) is 6.49. The summed E-state index contributed by atoms with van der Waals surface area (Å²) >= 11 is 0. The van der Waals surface area contributed by atoms with E-state index in [1.807, 2.05) is 18.0 Å². The van der Waals surface area contributed by atoms with Gasteiger partial charge >= 0.3 is 5.97 Å². The fourth-order valence-corrected chi connectivity index (χ4v) is 1.83. The van der Waals surface area contributed by atoms with E-state index in [0.29, 0.717) is 6.61 Å². The average Bonchev–Trinajstić information content (AvgIpc) is 3.18. The molecule has 1 aromatic carbocycles. The maximum atomic E-state index is 11.0. The molecule has 1 aromatic rings. The second-order valence-electron chi connectivity index (χ2n) is 5.02. The van der Waals surface area contributed by atoms with Gasteiger partial charge in [-0.3, -0.25) is 0 Å². The van der Waals surface area contributed by atoms with Gasteiger partial charge in [-0.15, -0.1) is 0 Å². The third-order valence-electron chi connectivity index (χ3n) is 3.33. The number of benzene rings is 1. The quantitative estimate of drug-likeness (QED) is 0.580. The molecule has 0 aliphatic heterocycles. The van der Waals surface area contributed by atoms with Crippen LogP contribution in [0, 0.1) is 5.92 Å². The number of carboxylic acids is 1. The molecular formula is C14H20N2O3. The van der Waals surface area contributed by atoms with Gasteiger partial charge in [0.1, 0.15) is 0 Å². The maximum absolute atomic E-state index is 11.0. The van der Waals surface area contributed by atoms with Gasteiger partial charge in [-0.05, 0) is 37.0 Å². The summed E-state index contributed by atoms with van der Waals surface area (Å²) in [4.78, 5) is 13.0. The Morgan fingerprint density at radius 3 is 2.89 bits per heavy atom. The number of hydrogen-bond acceptors (Lipinski definition) is 4. The molecule has 3 N–H and O–H groups in total. The number of nitrogens with two attached hydrogens (primary N) is 1. The summed E-state index contributed by atoms with van der Waals surface area (Å²) < 4.78 is 5.57. The van der Waals surface area contributed by atoms with E-state index >= 15 is 0 Å². The Kier molecular flexibility index (Phi) is 4.27. The van der Waals surface area contributed by atoms with Crippen molar-refractivity contribution in [1.29, 1.82) is 0 Å². The van der Waals surface area contributed by atoms with Crippen molar-refractivity contribution in [1.82, 2.24) is 0 Å². The van der Waals surface area contributed by atoms with Gasteiger partial charge < -0.3 is 20.5 Å². The van der Waals surface area contributed by atoms with Crippen molar-refractivity contribution < 1.29 is 14.6 Å². The standard InChI is InChI=1S/C14H20N2O3/c1-16(6-7-19-9-10-2-3-10)11-4-5-13(15)12(8-11)14(17)18/h4-5,8,10H,2-3,6-7,9,15H2,1H3,(H,17,18). The van der Waals surface area contributed by atoms with Gasteiger partial charge in [-0.1, -0.05) is 0 Å². The van der Waals surface area contributed by atoms with Gasteiger partial charge in [0.15, 0.2) is 0 Å². The van der Waals surface area contributed by atoms with Gasteiger partial charge in [0.05, 0.1) is 12.2 Å². The van der Waals surface area contributed by atoms with Crippen LogP contribution < -0.4 is 10.6 Å². The topological polar surface area (TPSA) is 75.8 Å². The summed E-state index contributed by atoms with van der Waals surface area (Å²) in [6.07, 6.45) is 2.57. The first-order chi connectivity index (χ1) is 9.08. The lowest BCUT2D eigenvalue weighted by atomic mass is 10.1. The van der Waals surface area contributed by atoms with Crippen LogP contribution >= 0.6 is 0 Å². The predicted octanol–water partition coefficient (Wildman–Crippen LogP) is 1.83. The molecule has 1 aliphatic rings. The Balaban J connectivity index is 1.88. The van der Waals surface area contributed by atoms with E-state index in [9.17, 15) is 4.79 Å². The zero-order chi connectivity index (χ0) is 13.8. The minimum absolute atomic E-state index is 0.142. The van der Waals surface area contributed by atoms with E-state index in [-0.39, 0.29) is 11.3 Å². The Labute approximate surface area is 113 Å². The summed E-state index contributed by atoms with van der Waals surface area (Å²) in [5.41, 5.74) is 6.89. The average molecular weight is 264 g/mol. The number of hydrogen-bond donors (Lipinski definition) is 2. The van der Waals surface area contributed by atoms with Crippen molar-refractivity contribution in [2.24, 2.45) is 5.92 Å². The number of carbonyl (C=O) groups is 1. The first kappa shape index (κ1) is 13.7. The van der Waals surface area contributed by atoms with E-state index in [0.717, 1.165) is 24.8 Å². The lowest BCUT2D eigenvalue weighted by Gasteiger charge is -2.20. The van der Waals surface area contributed by atoms with Crippen LogP contribution in [0.15, 0.2) is 18.2 Å². The SMILES string of the molecule is CN(CCOCC1CC1)c1ccc(N)c(C(=O)O)c1. The van der Waals surface area contributed by atoms with Crippen LogP contribution in [0.5, 0.6) is 0 Å². The Hall–Kier alpha value is -1.75. The van der Waals surface area contributed by atoms with Crippen molar-refractivity contribution >= 4 is 17.3 Å². The number of aromatic carboxylic acids is 1. The lowest BCUT2D eigenvalue weighted by Crippen LogP contribution is -2.23. The predicted molar refractivity (Wildman–Crippen MR) is 74.6 cm³/mol. The van der Waals surface area contributed by atoms with Crippen molar-refractivity contribution in [3.05, 3.63) is 23.8 Å². The molecule has 5 nitrogen and oxygen atoms in total. The van der Waals surface area contributed by atoms with Crippen LogP contribution in [0.4, 0.5) is 11.4 Å². The molecule has 1 saturated carbocycles. The van der Waals surface area contributed by atoms with Gasteiger partial charge in [0.25, 0.3) is 0 Å². The van der Waals surface area contributed by atoms with Crippen LogP contribution in [0.3, 0.4) is 0 Å². The monoisotopic (exact) mass is 264 g/mol. The molecular weight excluding hydrogens is 244 g/mol. The number of ether oxygens (including phenoxy) is 1. The second-order valence-corrected chi connectivity index (χ2v) is 5.02. The zero-order valence-corrected chi connectivity index (χ0v) is 11.1. The molecule has 0 aromatic heterocycles. The molecule has 0 atom stereocenters. The molecule has 104 valence electrons. The minimum atomic E-state index is -1.00. The van der Waals surface area contributed by atoms with Crippen LogP contribution in [-0.4, -0.2) is 37.9 Å². The molecule has 1 fully saturated rings. The summed E-state index contributed by atoms with van der Waals surface area (Å²) in [5, 5.41) is 9.03. The fraction of sp³-hybridized carbons (Fsp3) is 0.500. The van der Waals surface area contributed by atoms with Gasteiger partial charge in [0, 0.05) is 31.6 Å². The van der Waals surface area contributed by atoms with Crippen molar-refractivity contribution in [2.45, 2.75) is 12.8 Å². The molecule has 0 heterocycles. The highest BCUT2D eigenvalue weighted by Crippen LogP contribution is 2.28. The highest BCUT2D eigenvalue weighted by Gasteiger charge is 2.21. The lowest BCUT2D eigenvalue weighted by molar-refractivity contribution is 0.0698. The number of anilines is 2. The molecule has 2 rings (SSSR count). The van der Waals surface area contributed by atoms with Gasteiger partial charge in [-0.2, -0.15) is 0 Å². The van der Waals surface area contributed by atoms with Gasteiger partial charge in [-0.25, -0.2) is 4.79 Å². The number of nitrogen functional groups attached to an aromatic ring is 1. The molecule has 0 amide bonds. The third-order valence-corrected chi connectivity index (χ3v) is 3.33. The summed E-state index contributed by atoms with van der Waals surface area (Å²) in [6, 6.07) is 5.04. The Morgan fingerprint density at radius 1 is 1.53 bits per heavy atom. The Bertz CT molecular complexity index is 458. The van der Waals surface area contributed by atoms with Crippen LogP contribution in [0.25, 0.3) is 0 Å². The van der Waals surface area contributed by atoms with Crippen LogP contribution in [0.2, 0.25) is 0 Å². The van der Waals surface area contributed by atoms with E-state index in [1.165, 1.54) is 12.8 Å². The minimum Gasteiger partial charge on any atom is -0.478 e. The highest BCUT2D eigenvalue weighted by molar-refractivity contribution is 5.94. The molecule has 0 saturated heterocycles. The van der Waals surface area contributed by atoms with Crippen LogP contribution in [0.1, 0.15) is 23.2 Å². The Morgan fingerprint density at radius 2 is 2.26 bits per heavy atom. The van der Waals surface area contributed by atoms with E-state index < -0.39 is 5.97 Å². The second kappa shape index (κ2) is 5.93. The van der Waals surface area contributed by atoms with Crippen molar-refractivity contribution in [3.8, 4) is 0 Å². The number of carboxylic acid groups (broad SMARTS) is 1. The number of rotatable bonds is 7. The van der Waals surface area contributed by atoms with E-state index in [1.54, 1.807) is 12.1 Å². The van der Waals surface area contributed by atoms with Gasteiger partial charge in [0.2, 0.25) is 0 Å². The zero-order valence-electron chi connectivity index (χ0n) is 11.1. The molecule has 0 unspecified atom stereocenters. The maximum Gasteiger partial charge on any atom is 0.337 e. The smallest absolute Gasteiger partial charge is 0.337 e. The molecule has 0 radical (unpaired) electrons.